The highest BCUT2D eigenvalue weighted by molar-refractivity contribution is 5.79. The molecule has 0 aliphatic carbocycles. The van der Waals surface area contributed by atoms with Crippen molar-refractivity contribution < 1.29 is 22.6 Å². The molecule has 0 spiro atoms. The maximum atomic E-state index is 12.7. The Hall–Kier alpha value is -3.24. The number of aromatic nitrogens is 2. The molecular formula is C19H25F3N6O2. The molecule has 1 aromatic heterocycles. The van der Waals surface area contributed by atoms with Crippen molar-refractivity contribution in [2.75, 3.05) is 39.2 Å². The highest BCUT2D eigenvalue weighted by Gasteiger charge is 2.32. The molecule has 1 heterocycles. The molecule has 0 aliphatic rings. The van der Waals surface area contributed by atoms with E-state index in [1.807, 2.05) is 19.1 Å². The first-order valence-electron chi connectivity index (χ1n) is 9.24. The van der Waals surface area contributed by atoms with Crippen molar-refractivity contribution in [2.45, 2.75) is 19.6 Å². The molecule has 0 bridgehead atoms. The molecule has 2 rings (SSSR count). The van der Waals surface area contributed by atoms with Crippen LogP contribution in [0.2, 0.25) is 0 Å². The predicted octanol–water partition coefficient (Wildman–Crippen LogP) is 2.68. The average Bonchev–Trinajstić information content (AvgIpc) is 2.74. The van der Waals surface area contributed by atoms with Gasteiger partial charge < -0.3 is 25.4 Å². The van der Waals surface area contributed by atoms with E-state index in [9.17, 15) is 13.2 Å². The number of hydrogen-bond acceptors (Lipinski definition) is 6. The molecule has 0 saturated heterocycles. The fourth-order valence-corrected chi connectivity index (χ4v) is 2.45. The first-order valence-corrected chi connectivity index (χ1v) is 9.24. The summed E-state index contributed by atoms with van der Waals surface area (Å²) in [5.74, 6) is 1.82. The maximum absolute atomic E-state index is 12.7. The molecule has 0 aliphatic heterocycles. The number of aliphatic imine (C=N–C) groups is 1. The molecule has 11 heteroatoms. The van der Waals surface area contributed by atoms with Gasteiger partial charge in [0.2, 0.25) is 5.95 Å². The van der Waals surface area contributed by atoms with E-state index in [4.69, 9.17) is 9.47 Å². The van der Waals surface area contributed by atoms with Crippen molar-refractivity contribution >= 4 is 11.9 Å². The SMILES string of the molecule is CCNC(=NCc1ccc(OC)cc1OC)NCCNc1nccc(C(F)(F)F)n1. The Morgan fingerprint density at radius 1 is 1.10 bits per heavy atom. The lowest BCUT2D eigenvalue weighted by atomic mass is 10.2. The van der Waals surface area contributed by atoms with Crippen molar-refractivity contribution in [3.05, 3.63) is 41.7 Å². The quantitative estimate of drug-likeness (QED) is 0.323. The summed E-state index contributed by atoms with van der Waals surface area (Å²) >= 11 is 0. The van der Waals surface area contributed by atoms with Gasteiger partial charge in [0.25, 0.3) is 0 Å². The van der Waals surface area contributed by atoms with Gasteiger partial charge in [0.1, 0.15) is 17.2 Å². The Kier molecular flexibility index (Phi) is 8.51. The Morgan fingerprint density at radius 2 is 1.90 bits per heavy atom. The lowest BCUT2D eigenvalue weighted by Crippen LogP contribution is -2.39. The Balaban J connectivity index is 1.92. The van der Waals surface area contributed by atoms with Gasteiger partial charge in [-0.2, -0.15) is 13.2 Å². The van der Waals surface area contributed by atoms with Crippen LogP contribution in [0.15, 0.2) is 35.5 Å². The molecular weight excluding hydrogens is 401 g/mol. The van der Waals surface area contributed by atoms with E-state index in [0.717, 1.165) is 17.8 Å². The molecule has 0 saturated carbocycles. The van der Waals surface area contributed by atoms with Crippen molar-refractivity contribution in [1.82, 2.24) is 20.6 Å². The summed E-state index contributed by atoms with van der Waals surface area (Å²) in [4.78, 5) is 11.8. The van der Waals surface area contributed by atoms with Gasteiger partial charge in [0.05, 0.1) is 20.8 Å². The number of alkyl halides is 3. The van der Waals surface area contributed by atoms with Crippen LogP contribution in [0, 0.1) is 0 Å². The molecule has 0 unspecified atom stereocenters. The van der Waals surface area contributed by atoms with Crippen LogP contribution >= 0.6 is 0 Å². The van der Waals surface area contributed by atoms with Crippen LogP contribution in [0.3, 0.4) is 0 Å². The fraction of sp³-hybridized carbons (Fsp3) is 0.421. The van der Waals surface area contributed by atoms with Crippen LogP contribution in [0.25, 0.3) is 0 Å². The molecule has 1 aromatic carbocycles. The minimum atomic E-state index is -4.51. The van der Waals surface area contributed by atoms with E-state index < -0.39 is 11.9 Å². The number of nitrogens with one attached hydrogen (secondary N) is 3. The Bertz CT molecular complexity index is 845. The molecule has 0 radical (unpaired) electrons. The van der Waals surface area contributed by atoms with Crippen molar-refractivity contribution in [3.8, 4) is 11.5 Å². The summed E-state index contributed by atoms with van der Waals surface area (Å²) in [6.45, 7) is 3.64. The second kappa shape index (κ2) is 11.1. The van der Waals surface area contributed by atoms with E-state index in [-0.39, 0.29) is 5.95 Å². The zero-order chi connectivity index (χ0) is 22.0. The third-order valence-electron chi connectivity index (χ3n) is 3.89. The molecule has 0 atom stereocenters. The summed E-state index contributed by atoms with van der Waals surface area (Å²) in [7, 11) is 3.16. The third-order valence-corrected chi connectivity index (χ3v) is 3.89. The van der Waals surface area contributed by atoms with Gasteiger partial charge in [-0.25, -0.2) is 15.0 Å². The van der Waals surface area contributed by atoms with Gasteiger partial charge in [0, 0.05) is 37.5 Å². The van der Waals surface area contributed by atoms with E-state index in [1.54, 1.807) is 20.3 Å². The molecule has 2 aromatic rings. The number of rotatable bonds is 9. The third kappa shape index (κ3) is 6.98. The van der Waals surface area contributed by atoms with Gasteiger partial charge in [-0.1, -0.05) is 0 Å². The number of benzene rings is 1. The largest absolute Gasteiger partial charge is 0.497 e. The van der Waals surface area contributed by atoms with Crippen molar-refractivity contribution in [2.24, 2.45) is 4.99 Å². The lowest BCUT2D eigenvalue weighted by Gasteiger charge is -2.13. The van der Waals surface area contributed by atoms with Crippen LogP contribution in [0.5, 0.6) is 11.5 Å². The van der Waals surface area contributed by atoms with Crippen LogP contribution in [0.4, 0.5) is 19.1 Å². The van der Waals surface area contributed by atoms with E-state index in [1.165, 1.54) is 0 Å². The number of guanidine groups is 1. The topological polar surface area (TPSA) is 92.7 Å². The number of anilines is 1. The lowest BCUT2D eigenvalue weighted by molar-refractivity contribution is -0.141. The Labute approximate surface area is 172 Å². The van der Waals surface area contributed by atoms with Crippen LogP contribution in [-0.4, -0.2) is 49.8 Å². The van der Waals surface area contributed by atoms with E-state index in [0.29, 0.717) is 43.6 Å². The van der Waals surface area contributed by atoms with Crippen LogP contribution < -0.4 is 25.4 Å². The minimum absolute atomic E-state index is 0.0865. The molecule has 30 heavy (non-hydrogen) atoms. The zero-order valence-corrected chi connectivity index (χ0v) is 17.0. The number of nitrogens with zero attached hydrogens (tertiary/aromatic N) is 3. The molecule has 3 N–H and O–H groups in total. The van der Waals surface area contributed by atoms with Gasteiger partial charge in [0.15, 0.2) is 5.96 Å². The first kappa shape index (κ1) is 23.0. The van der Waals surface area contributed by atoms with Crippen molar-refractivity contribution in [3.63, 3.8) is 0 Å². The summed E-state index contributed by atoms with van der Waals surface area (Å²) < 4.78 is 48.6. The fourth-order valence-electron chi connectivity index (χ4n) is 2.45. The average molecular weight is 426 g/mol. The summed E-state index contributed by atoms with van der Waals surface area (Å²) in [5.41, 5.74) is -0.109. The predicted molar refractivity (Wildman–Crippen MR) is 108 cm³/mol. The zero-order valence-electron chi connectivity index (χ0n) is 17.0. The second-order valence-corrected chi connectivity index (χ2v) is 5.99. The van der Waals surface area contributed by atoms with E-state index >= 15 is 0 Å². The molecule has 164 valence electrons. The normalized spacial score (nSPS) is 11.7. The van der Waals surface area contributed by atoms with Crippen molar-refractivity contribution in [1.29, 1.82) is 0 Å². The van der Waals surface area contributed by atoms with Crippen LogP contribution in [0.1, 0.15) is 18.2 Å². The number of ether oxygens (including phenoxy) is 2. The Morgan fingerprint density at radius 3 is 2.57 bits per heavy atom. The molecule has 0 fully saturated rings. The summed E-state index contributed by atoms with van der Waals surface area (Å²) in [6.07, 6.45) is -3.44. The number of hydrogen-bond donors (Lipinski definition) is 3. The first-order chi connectivity index (χ1) is 14.4. The van der Waals surface area contributed by atoms with E-state index in [2.05, 4.69) is 30.9 Å². The minimum Gasteiger partial charge on any atom is -0.497 e. The second-order valence-electron chi connectivity index (χ2n) is 5.99. The molecule has 8 nitrogen and oxygen atoms in total. The van der Waals surface area contributed by atoms with Crippen LogP contribution in [-0.2, 0) is 12.7 Å². The summed E-state index contributed by atoms with van der Waals surface area (Å²) in [6, 6.07) is 6.31. The summed E-state index contributed by atoms with van der Waals surface area (Å²) in [5, 5.41) is 8.96. The van der Waals surface area contributed by atoms with Gasteiger partial charge in [-0.3, -0.25) is 0 Å². The highest BCUT2D eigenvalue weighted by Crippen LogP contribution is 2.27. The maximum Gasteiger partial charge on any atom is 0.433 e. The highest BCUT2D eigenvalue weighted by atomic mass is 19.4. The number of methoxy groups -OCH3 is 2. The monoisotopic (exact) mass is 426 g/mol. The molecule has 0 amide bonds. The smallest absolute Gasteiger partial charge is 0.433 e. The van der Waals surface area contributed by atoms with Gasteiger partial charge >= 0.3 is 6.18 Å². The van der Waals surface area contributed by atoms with Gasteiger partial charge in [-0.05, 0) is 25.1 Å². The van der Waals surface area contributed by atoms with Gasteiger partial charge in [-0.15, -0.1) is 0 Å². The standard InChI is InChI=1S/C19H25F3N6O2/c1-4-23-17(27-12-13-5-6-14(29-2)11-15(13)30-3)25-9-10-26-18-24-8-7-16(28-18)19(20,21)22/h5-8,11H,4,9-10,12H2,1-3H3,(H2,23,25,27)(H,24,26,28). The number of halogens is 3.